The molecule has 2 nitrogen and oxygen atoms in total. The Bertz CT molecular complexity index is 421. The lowest BCUT2D eigenvalue weighted by Crippen LogP contribution is -2.06. The quantitative estimate of drug-likeness (QED) is 0.805. The Morgan fingerprint density at radius 1 is 1.56 bits per heavy atom. The van der Waals surface area contributed by atoms with Crippen LogP contribution in [0.5, 0.6) is 0 Å². The number of hydrogen-bond donors (Lipinski definition) is 0. The Balaban J connectivity index is 1.79. The Kier molecular flexibility index (Phi) is 5.10. The van der Waals surface area contributed by atoms with Gasteiger partial charge in [-0.2, -0.15) is 17.0 Å². The summed E-state index contributed by atoms with van der Waals surface area (Å²) in [6.45, 7) is 3.14. The Labute approximate surface area is 113 Å². The van der Waals surface area contributed by atoms with Crippen molar-refractivity contribution in [2.24, 2.45) is 0 Å². The second-order valence-corrected chi connectivity index (χ2v) is 6.12. The van der Waals surface area contributed by atoms with Gasteiger partial charge in [-0.25, -0.2) is 0 Å². The van der Waals surface area contributed by atoms with Crippen LogP contribution in [0.1, 0.15) is 42.6 Å². The molecule has 1 aliphatic heterocycles. The van der Waals surface area contributed by atoms with Crippen LogP contribution in [0.15, 0.2) is 24.3 Å². The van der Waals surface area contributed by atoms with Crippen LogP contribution in [0.2, 0.25) is 0 Å². The van der Waals surface area contributed by atoms with Gasteiger partial charge < -0.3 is 4.74 Å². The van der Waals surface area contributed by atoms with Crippen LogP contribution < -0.4 is 0 Å². The summed E-state index contributed by atoms with van der Waals surface area (Å²) < 4.78 is 5.62. The van der Waals surface area contributed by atoms with Crippen LogP contribution >= 0.6 is 11.8 Å². The van der Waals surface area contributed by atoms with E-state index in [1.54, 1.807) is 0 Å². The molecule has 1 fully saturated rings. The van der Waals surface area contributed by atoms with Gasteiger partial charge in [-0.15, -0.1) is 0 Å². The molecule has 18 heavy (non-hydrogen) atoms. The van der Waals surface area contributed by atoms with Crippen LogP contribution in [0, 0.1) is 11.3 Å². The summed E-state index contributed by atoms with van der Waals surface area (Å²) in [6.07, 6.45) is 4.07. The summed E-state index contributed by atoms with van der Waals surface area (Å²) in [5.41, 5.74) is 1.99. The van der Waals surface area contributed by atoms with Crippen molar-refractivity contribution in [3.8, 4) is 6.07 Å². The van der Waals surface area contributed by atoms with Crippen molar-refractivity contribution in [1.82, 2.24) is 0 Å². The molecule has 1 saturated heterocycles. The average Bonchev–Trinajstić information content (AvgIpc) is 2.92. The number of nitriles is 1. The highest BCUT2D eigenvalue weighted by Crippen LogP contribution is 2.30. The van der Waals surface area contributed by atoms with E-state index in [1.165, 1.54) is 18.4 Å². The number of ether oxygens (including phenoxy) is 1. The van der Waals surface area contributed by atoms with Crippen molar-refractivity contribution in [1.29, 1.82) is 5.26 Å². The average molecular weight is 261 g/mol. The first-order valence-electron chi connectivity index (χ1n) is 6.53. The van der Waals surface area contributed by atoms with Crippen LogP contribution in [0.4, 0.5) is 0 Å². The summed E-state index contributed by atoms with van der Waals surface area (Å²) in [5.74, 6) is 1.13. The molecule has 2 atom stereocenters. The molecule has 1 aliphatic rings. The first-order valence-corrected chi connectivity index (χ1v) is 7.58. The number of hydrogen-bond acceptors (Lipinski definition) is 3. The fraction of sp³-hybridized carbons (Fsp3) is 0.533. The van der Waals surface area contributed by atoms with Gasteiger partial charge >= 0.3 is 0 Å². The lowest BCUT2D eigenvalue weighted by Gasteiger charge is -2.14. The van der Waals surface area contributed by atoms with Gasteiger partial charge in [0.1, 0.15) is 0 Å². The smallest absolute Gasteiger partial charge is 0.0991 e. The van der Waals surface area contributed by atoms with Crippen molar-refractivity contribution in [2.45, 2.75) is 37.5 Å². The minimum atomic E-state index is 0.444. The number of benzene rings is 1. The van der Waals surface area contributed by atoms with Gasteiger partial charge in [0.15, 0.2) is 0 Å². The number of nitrogens with zero attached hydrogens (tertiary/aromatic N) is 1. The van der Waals surface area contributed by atoms with Gasteiger partial charge in [0, 0.05) is 11.9 Å². The van der Waals surface area contributed by atoms with E-state index in [2.05, 4.69) is 19.1 Å². The normalized spacial score (nSPS) is 20.6. The number of thioether (sulfide) groups is 1. The van der Waals surface area contributed by atoms with E-state index in [9.17, 15) is 0 Å². The highest BCUT2D eigenvalue weighted by Gasteiger charge is 2.15. The molecule has 0 spiro atoms. The van der Waals surface area contributed by atoms with Gasteiger partial charge in [0.2, 0.25) is 0 Å². The third-order valence-electron chi connectivity index (χ3n) is 3.32. The molecule has 0 radical (unpaired) electrons. The largest absolute Gasteiger partial charge is 0.378 e. The number of rotatable bonds is 5. The molecule has 1 aromatic carbocycles. The zero-order chi connectivity index (χ0) is 12.8. The van der Waals surface area contributed by atoms with Gasteiger partial charge in [0.25, 0.3) is 0 Å². The molecule has 0 N–H and O–H groups in total. The Morgan fingerprint density at radius 3 is 3.17 bits per heavy atom. The van der Waals surface area contributed by atoms with E-state index in [0.717, 1.165) is 24.3 Å². The van der Waals surface area contributed by atoms with Gasteiger partial charge in [-0.1, -0.05) is 12.1 Å². The third-order valence-corrected chi connectivity index (χ3v) is 4.56. The molecule has 0 aliphatic carbocycles. The molecule has 2 unspecified atom stereocenters. The van der Waals surface area contributed by atoms with Gasteiger partial charge in [-0.05, 0) is 49.6 Å². The maximum atomic E-state index is 8.89. The Morgan fingerprint density at radius 2 is 2.44 bits per heavy atom. The molecular formula is C15H19NOS. The van der Waals surface area contributed by atoms with Crippen molar-refractivity contribution < 1.29 is 4.74 Å². The fourth-order valence-electron chi connectivity index (χ4n) is 2.21. The molecule has 0 aromatic heterocycles. The Hall–Kier alpha value is -0.980. The maximum Gasteiger partial charge on any atom is 0.0991 e. The lowest BCUT2D eigenvalue weighted by atomic mass is 10.1. The predicted octanol–water partition coefficient (Wildman–Crippen LogP) is 3.92. The fourth-order valence-corrected chi connectivity index (χ4v) is 3.30. The maximum absolute atomic E-state index is 8.89. The summed E-state index contributed by atoms with van der Waals surface area (Å²) in [6, 6.07) is 10.1. The molecule has 2 rings (SSSR count). The van der Waals surface area contributed by atoms with Crippen LogP contribution in [0.3, 0.4) is 0 Å². The summed E-state index contributed by atoms with van der Waals surface area (Å²) in [4.78, 5) is 0. The summed E-state index contributed by atoms with van der Waals surface area (Å²) in [7, 11) is 0. The SMILES string of the molecule is CC(SCCC1CCCO1)c1cccc(C#N)c1. The van der Waals surface area contributed by atoms with Crippen LogP contribution in [-0.2, 0) is 4.74 Å². The van der Waals surface area contributed by atoms with Crippen LogP contribution in [0.25, 0.3) is 0 Å². The van der Waals surface area contributed by atoms with E-state index in [-0.39, 0.29) is 0 Å². The van der Waals surface area contributed by atoms with E-state index in [0.29, 0.717) is 11.4 Å². The van der Waals surface area contributed by atoms with Gasteiger partial charge in [0.05, 0.1) is 17.7 Å². The summed E-state index contributed by atoms with van der Waals surface area (Å²) in [5, 5.41) is 9.33. The molecule has 0 amide bonds. The summed E-state index contributed by atoms with van der Waals surface area (Å²) >= 11 is 1.95. The van der Waals surface area contributed by atoms with E-state index in [1.807, 2.05) is 30.0 Å². The first kappa shape index (κ1) is 13.5. The van der Waals surface area contributed by atoms with Crippen molar-refractivity contribution >= 4 is 11.8 Å². The van der Waals surface area contributed by atoms with E-state index in [4.69, 9.17) is 10.00 Å². The minimum absolute atomic E-state index is 0.444. The monoisotopic (exact) mass is 261 g/mol. The molecular weight excluding hydrogens is 242 g/mol. The second-order valence-electron chi connectivity index (χ2n) is 4.67. The lowest BCUT2D eigenvalue weighted by molar-refractivity contribution is 0.109. The predicted molar refractivity (Wildman–Crippen MR) is 75.6 cm³/mol. The molecule has 0 bridgehead atoms. The third kappa shape index (κ3) is 3.76. The van der Waals surface area contributed by atoms with Crippen LogP contribution in [-0.4, -0.2) is 18.5 Å². The first-order chi connectivity index (χ1) is 8.79. The molecule has 96 valence electrons. The van der Waals surface area contributed by atoms with Crippen molar-refractivity contribution in [3.63, 3.8) is 0 Å². The standard InChI is InChI=1S/C15H19NOS/c1-12(14-5-2-4-13(10-14)11-16)18-9-7-15-6-3-8-17-15/h2,4-5,10,12,15H,3,6-9H2,1H3. The zero-order valence-electron chi connectivity index (χ0n) is 10.8. The molecule has 3 heteroatoms. The topological polar surface area (TPSA) is 33.0 Å². The highest BCUT2D eigenvalue weighted by atomic mass is 32.2. The van der Waals surface area contributed by atoms with Crippen molar-refractivity contribution in [3.05, 3.63) is 35.4 Å². The second kappa shape index (κ2) is 6.82. The highest BCUT2D eigenvalue weighted by molar-refractivity contribution is 7.99. The molecule has 1 heterocycles. The van der Waals surface area contributed by atoms with Crippen molar-refractivity contribution in [2.75, 3.05) is 12.4 Å². The van der Waals surface area contributed by atoms with Gasteiger partial charge in [-0.3, -0.25) is 0 Å². The minimum Gasteiger partial charge on any atom is -0.378 e. The zero-order valence-corrected chi connectivity index (χ0v) is 11.6. The van der Waals surface area contributed by atoms with E-state index >= 15 is 0 Å². The molecule has 1 aromatic rings. The molecule has 0 saturated carbocycles. The van der Waals surface area contributed by atoms with E-state index < -0.39 is 0 Å².